The number of rotatable bonds is 1. The molecule has 1 fully saturated rings. The third-order valence-corrected chi connectivity index (χ3v) is 1.12. The minimum Gasteiger partial charge on any atom is -0.371 e. The molecule has 1 saturated heterocycles. The first-order chi connectivity index (χ1) is 3.84. The van der Waals surface area contributed by atoms with Gasteiger partial charge in [-0.15, -0.1) is 0 Å². The second-order valence-corrected chi connectivity index (χ2v) is 1.64. The monoisotopic (exact) mass is 114 g/mol. The van der Waals surface area contributed by atoms with Crippen LogP contribution in [0.3, 0.4) is 0 Å². The maximum Gasteiger partial charge on any atom is 0.249 e. The van der Waals surface area contributed by atoms with Gasteiger partial charge in [-0.2, -0.15) is 0 Å². The van der Waals surface area contributed by atoms with Gasteiger partial charge in [0.15, 0.2) is 0 Å². The van der Waals surface area contributed by atoms with Crippen LogP contribution in [-0.2, 0) is 9.53 Å². The number of hydrogen-bond acceptors (Lipinski definition) is 2. The zero-order chi connectivity index (χ0) is 5.98. The Labute approximate surface area is 48.0 Å². The largest absolute Gasteiger partial charge is 0.371 e. The predicted octanol–water partition coefficient (Wildman–Crippen LogP) is -0.665. The van der Waals surface area contributed by atoms with E-state index in [0.29, 0.717) is 6.54 Å². The molecule has 0 saturated carbocycles. The van der Waals surface area contributed by atoms with Crippen LogP contribution < -0.4 is 5.32 Å². The summed E-state index contributed by atoms with van der Waals surface area (Å²) in [5.74, 6) is -0.0347. The number of amides is 1. The Bertz CT molecular complexity index is 103. The molecule has 1 aliphatic rings. The quantitative estimate of drug-likeness (QED) is 0.491. The van der Waals surface area contributed by atoms with Crippen molar-refractivity contribution in [1.82, 2.24) is 5.32 Å². The fourth-order valence-electron chi connectivity index (χ4n) is 0.677. The van der Waals surface area contributed by atoms with Crippen LogP contribution >= 0.6 is 0 Å². The summed E-state index contributed by atoms with van der Waals surface area (Å²) in [6.45, 7) is 0.636. The lowest BCUT2D eigenvalue weighted by molar-refractivity contribution is -0.126. The van der Waals surface area contributed by atoms with E-state index in [1.165, 1.54) is 7.11 Å². The highest BCUT2D eigenvalue weighted by Gasteiger charge is 2.22. The van der Waals surface area contributed by atoms with Gasteiger partial charge in [0.2, 0.25) is 5.91 Å². The third-order valence-electron chi connectivity index (χ3n) is 1.12. The van der Waals surface area contributed by atoms with Crippen molar-refractivity contribution in [3.05, 3.63) is 6.42 Å². The first-order valence-corrected chi connectivity index (χ1v) is 2.48. The minimum atomic E-state index is -0.310. The molecule has 0 aliphatic carbocycles. The van der Waals surface area contributed by atoms with E-state index in [-0.39, 0.29) is 12.0 Å². The molecule has 0 aromatic heterocycles. The molecule has 1 rings (SSSR count). The lowest BCUT2D eigenvalue weighted by atomic mass is 10.3. The SMILES string of the molecule is COC1[CH]CNC1=O. The summed E-state index contributed by atoms with van der Waals surface area (Å²) < 4.78 is 4.76. The number of ether oxygens (including phenoxy) is 1. The standard InChI is InChI=1S/C5H8NO2/c1-8-4-2-3-6-5(4)7/h2,4H,3H2,1H3,(H,6,7). The van der Waals surface area contributed by atoms with Crippen molar-refractivity contribution in [2.24, 2.45) is 0 Å². The molecule has 3 nitrogen and oxygen atoms in total. The summed E-state index contributed by atoms with van der Waals surface area (Å²) >= 11 is 0. The minimum absolute atomic E-state index is 0.0347. The van der Waals surface area contributed by atoms with Crippen LogP contribution in [-0.4, -0.2) is 25.7 Å². The van der Waals surface area contributed by atoms with Crippen molar-refractivity contribution in [2.45, 2.75) is 6.10 Å². The lowest BCUT2D eigenvalue weighted by Gasteiger charge is -1.99. The van der Waals surface area contributed by atoms with Gasteiger partial charge in [-0.05, 0) is 0 Å². The molecule has 1 amide bonds. The van der Waals surface area contributed by atoms with Gasteiger partial charge in [-0.1, -0.05) is 0 Å². The highest BCUT2D eigenvalue weighted by Crippen LogP contribution is 2.00. The maximum absolute atomic E-state index is 10.5. The molecule has 1 heterocycles. The van der Waals surface area contributed by atoms with E-state index in [9.17, 15) is 4.79 Å². The Morgan fingerprint density at radius 1 is 2.00 bits per heavy atom. The molecule has 0 bridgehead atoms. The normalized spacial score (nSPS) is 28.1. The highest BCUT2D eigenvalue weighted by atomic mass is 16.5. The average molecular weight is 114 g/mol. The molecular formula is C5H8NO2. The van der Waals surface area contributed by atoms with E-state index in [0.717, 1.165) is 0 Å². The fraction of sp³-hybridized carbons (Fsp3) is 0.600. The van der Waals surface area contributed by atoms with Crippen LogP contribution in [0.25, 0.3) is 0 Å². The molecule has 1 unspecified atom stereocenters. The summed E-state index contributed by atoms with van der Waals surface area (Å²) in [5, 5.41) is 2.60. The van der Waals surface area contributed by atoms with Crippen LogP contribution in [0.5, 0.6) is 0 Å². The van der Waals surface area contributed by atoms with Crippen molar-refractivity contribution in [3.8, 4) is 0 Å². The molecule has 8 heavy (non-hydrogen) atoms. The topological polar surface area (TPSA) is 38.3 Å². The molecular weight excluding hydrogens is 106 g/mol. The van der Waals surface area contributed by atoms with Gasteiger partial charge in [-0.3, -0.25) is 4.79 Å². The fourth-order valence-corrected chi connectivity index (χ4v) is 0.677. The summed E-state index contributed by atoms with van der Waals surface area (Å²) in [5.41, 5.74) is 0. The number of carbonyl (C=O) groups is 1. The summed E-state index contributed by atoms with van der Waals surface area (Å²) in [7, 11) is 1.52. The molecule has 1 N–H and O–H groups in total. The van der Waals surface area contributed by atoms with E-state index in [2.05, 4.69) is 5.32 Å². The average Bonchev–Trinajstić information content (AvgIpc) is 2.14. The predicted molar refractivity (Wildman–Crippen MR) is 28.1 cm³/mol. The van der Waals surface area contributed by atoms with Gasteiger partial charge in [0.25, 0.3) is 0 Å². The Hall–Kier alpha value is -0.570. The van der Waals surface area contributed by atoms with Crippen LogP contribution in [0, 0.1) is 6.42 Å². The van der Waals surface area contributed by atoms with Gasteiger partial charge >= 0.3 is 0 Å². The van der Waals surface area contributed by atoms with Crippen LogP contribution in [0.1, 0.15) is 0 Å². The van der Waals surface area contributed by atoms with E-state index in [4.69, 9.17) is 4.74 Å². The lowest BCUT2D eigenvalue weighted by Crippen LogP contribution is -2.24. The van der Waals surface area contributed by atoms with Gasteiger partial charge in [0, 0.05) is 20.1 Å². The second-order valence-electron chi connectivity index (χ2n) is 1.64. The number of nitrogens with one attached hydrogen (secondary N) is 1. The van der Waals surface area contributed by atoms with Crippen molar-refractivity contribution in [2.75, 3.05) is 13.7 Å². The molecule has 45 valence electrons. The van der Waals surface area contributed by atoms with Gasteiger partial charge in [0.05, 0.1) is 0 Å². The number of hydrogen-bond donors (Lipinski definition) is 1. The van der Waals surface area contributed by atoms with Crippen LogP contribution in [0.2, 0.25) is 0 Å². The van der Waals surface area contributed by atoms with Crippen molar-refractivity contribution < 1.29 is 9.53 Å². The number of carbonyl (C=O) groups excluding carboxylic acids is 1. The maximum atomic E-state index is 10.5. The zero-order valence-electron chi connectivity index (χ0n) is 4.68. The van der Waals surface area contributed by atoms with Crippen molar-refractivity contribution in [1.29, 1.82) is 0 Å². The van der Waals surface area contributed by atoms with Crippen molar-refractivity contribution in [3.63, 3.8) is 0 Å². The Balaban J connectivity index is 2.42. The molecule has 0 aromatic rings. The summed E-state index contributed by atoms with van der Waals surface area (Å²) in [4.78, 5) is 10.5. The van der Waals surface area contributed by atoms with Crippen LogP contribution in [0.15, 0.2) is 0 Å². The smallest absolute Gasteiger partial charge is 0.249 e. The Morgan fingerprint density at radius 2 is 2.75 bits per heavy atom. The third kappa shape index (κ3) is 0.816. The molecule has 3 heteroatoms. The first kappa shape index (κ1) is 5.56. The highest BCUT2D eigenvalue weighted by molar-refractivity contribution is 5.84. The van der Waals surface area contributed by atoms with Gasteiger partial charge in [0.1, 0.15) is 6.10 Å². The van der Waals surface area contributed by atoms with E-state index < -0.39 is 0 Å². The zero-order valence-corrected chi connectivity index (χ0v) is 4.68. The first-order valence-electron chi connectivity index (χ1n) is 2.48. The van der Waals surface area contributed by atoms with E-state index >= 15 is 0 Å². The van der Waals surface area contributed by atoms with E-state index in [1.54, 1.807) is 6.42 Å². The molecule has 1 atom stereocenters. The molecule has 0 aromatic carbocycles. The van der Waals surface area contributed by atoms with E-state index in [1.807, 2.05) is 0 Å². The summed E-state index contributed by atoms with van der Waals surface area (Å²) in [6.07, 6.45) is 1.48. The Kier molecular flexibility index (Phi) is 1.48. The number of methoxy groups -OCH3 is 1. The van der Waals surface area contributed by atoms with Crippen molar-refractivity contribution >= 4 is 5.91 Å². The second kappa shape index (κ2) is 2.13. The molecule has 1 radical (unpaired) electrons. The molecule has 1 aliphatic heterocycles. The summed E-state index contributed by atoms with van der Waals surface area (Å²) in [6, 6.07) is 0. The van der Waals surface area contributed by atoms with Crippen LogP contribution in [0.4, 0.5) is 0 Å². The Morgan fingerprint density at radius 3 is 3.00 bits per heavy atom. The van der Waals surface area contributed by atoms with Gasteiger partial charge in [-0.25, -0.2) is 0 Å². The van der Waals surface area contributed by atoms with Gasteiger partial charge < -0.3 is 10.1 Å². The molecule has 0 spiro atoms.